The van der Waals surface area contributed by atoms with Gasteiger partial charge in [0, 0.05) is 13.1 Å². The summed E-state index contributed by atoms with van der Waals surface area (Å²) in [5.74, 6) is 0.424. The second-order valence-corrected chi connectivity index (χ2v) is 4.09. The summed E-state index contributed by atoms with van der Waals surface area (Å²) in [6.45, 7) is 3.45. The topological polar surface area (TPSA) is 87.0 Å². The van der Waals surface area contributed by atoms with E-state index in [4.69, 9.17) is 5.73 Å². The Morgan fingerprint density at radius 3 is 2.69 bits per heavy atom. The third-order valence-electron chi connectivity index (χ3n) is 2.86. The van der Waals surface area contributed by atoms with Crippen LogP contribution < -0.4 is 11.1 Å². The molecule has 4 N–H and O–H groups in total. The highest BCUT2D eigenvalue weighted by Crippen LogP contribution is 2.19. The molecule has 0 aliphatic carbocycles. The zero-order valence-corrected chi connectivity index (χ0v) is 9.42. The Labute approximate surface area is 94.2 Å². The van der Waals surface area contributed by atoms with E-state index in [0.717, 1.165) is 31.6 Å². The number of nitrogen functional groups attached to an aromatic ring is 1. The van der Waals surface area contributed by atoms with Crippen molar-refractivity contribution in [2.45, 2.75) is 26.2 Å². The lowest BCUT2D eigenvalue weighted by atomic mass is 10.1. The Morgan fingerprint density at radius 2 is 2.12 bits per heavy atom. The van der Waals surface area contributed by atoms with E-state index >= 15 is 0 Å². The summed E-state index contributed by atoms with van der Waals surface area (Å²) in [6.07, 6.45) is 3.35. The monoisotopic (exact) mass is 223 g/mol. The lowest BCUT2D eigenvalue weighted by Crippen LogP contribution is -2.38. The number of H-pyrrole nitrogens is 1. The number of nitrogens with two attached hydrogens (primary N) is 1. The maximum atomic E-state index is 11.8. The van der Waals surface area contributed by atoms with E-state index in [2.05, 4.69) is 15.5 Å². The number of carbonyl (C=O) groups is 1. The number of urea groups is 1. The van der Waals surface area contributed by atoms with E-state index in [-0.39, 0.29) is 6.03 Å². The SMILES string of the molecule is Cc1[nH]nc(NC(=O)N2CCCCC2)c1N. The number of hydrogen-bond donors (Lipinski definition) is 3. The van der Waals surface area contributed by atoms with Gasteiger partial charge in [0.15, 0.2) is 5.82 Å². The number of hydrogen-bond acceptors (Lipinski definition) is 3. The molecule has 6 heteroatoms. The van der Waals surface area contributed by atoms with Gasteiger partial charge in [-0.25, -0.2) is 4.79 Å². The van der Waals surface area contributed by atoms with Crippen molar-refractivity contribution in [3.63, 3.8) is 0 Å². The molecule has 0 saturated carbocycles. The number of carbonyl (C=O) groups excluding carboxylic acids is 1. The number of anilines is 2. The Balaban J connectivity index is 1.98. The molecular weight excluding hydrogens is 206 g/mol. The molecule has 0 bridgehead atoms. The minimum Gasteiger partial charge on any atom is -0.394 e. The van der Waals surface area contributed by atoms with Crippen LogP contribution in [0.3, 0.4) is 0 Å². The van der Waals surface area contributed by atoms with E-state index < -0.39 is 0 Å². The van der Waals surface area contributed by atoms with Gasteiger partial charge in [0.2, 0.25) is 0 Å². The Kier molecular flexibility index (Phi) is 2.98. The van der Waals surface area contributed by atoms with Crippen molar-refractivity contribution in [2.24, 2.45) is 0 Å². The number of likely N-dealkylation sites (tertiary alicyclic amines) is 1. The molecule has 0 spiro atoms. The lowest BCUT2D eigenvalue weighted by Gasteiger charge is -2.26. The van der Waals surface area contributed by atoms with Gasteiger partial charge in [-0.15, -0.1) is 0 Å². The summed E-state index contributed by atoms with van der Waals surface area (Å²) in [7, 11) is 0. The molecule has 88 valence electrons. The van der Waals surface area contributed by atoms with Gasteiger partial charge in [0.1, 0.15) is 0 Å². The van der Waals surface area contributed by atoms with Gasteiger partial charge in [-0.3, -0.25) is 10.4 Å². The minimum absolute atomic E-state index is 0.113. The Bertz CT molecular complexity index is 381. The second kappa shape index (κ2) is 4.42. The van der Waals surface area contributed by atoms with E-state index in [9.17, 15) is 4.79 Å². The zero-order valence-electron chi connectivity index (χ0n) is 9.42. The standard InChI is InChI=1S/C10H17N5O/c1-7-8(11)9(14-13-7)12-10(16)15-5-3-2-4-6-15/h2-6,11H2,1H3,(H2,12,13,14,16). The normalized spacial score (nSPS) is 16.2. The molecule has 0 atom stereocenters. The van der Waals surface area contributed by atoms with Crippen molar-refractivity contribution in [2.75, 3.05) is 24.1 Å². The first-order chi connectivity index (χ1) is 7.68. The van der Waals surface area contributed by atoms with Gasteiger partial charge in [-0.1, -0.05) is 0 Å². The summed E-state index contributed by atoms with van der Waals surface area (Å²) >= 11 is 0. The molecule has 1 aliphatic rings. The Hall–Kier alpha value is -1.72. The van der Waals surface area contributed by atoms with Crippen LogP contribution in [0.5, 0.6) is 0 Å². The summed E-state index contributed by atoms with van der Waals surface area (Å²) < 4.78 is 0. The summed E-state index contributed by atoms with van der Waals surface area (Å²) in [6, 6.07) is -0.113. The van der Waals surface area contributed by atoms with E-state index in [1.807, 2.05) is 6.92 Å². The van der Waals surface area contributed by atoms with Crippen LogP contribution in [0.15, 0.2) is 0 Å². The minimum atomic E-state index is -0.113. The van der Waals surface area contributed by atoms with Crippen molar-refractivity contribution in [3.8, 4) is 0 Å². The van der Waals surface area contributed by atoms with Crippen LogP contribution in [0.25, 0.3) is 0 Å². The molecule has 2 amide bonds. The van der Waals surface area contributed by atoms with E-state index in [0.29, 0.717) is 11.5 Å². The summed E-state index contributed by atoms with van der Waals surface area (Å²) in [4.78, 5) is 13.6. The van der Waals surface area contributed by atoms with Crippen LogP contribution in [0.1, 0.15) is 25.0 Å². The van der Waals surface area contributed by atoms with Crippen LogP contribution in [0.2, 0.25) is 0 Å². The number of aromatic nitrogens is 2. The van der Waals surface area contributed by atoms with Crippen molar-refractivity contribution >= 4 is 17.5 Å². The molecule has 1 aromatic rings. The zero-order chi connectivity index (χ0) is 11.5. The number of nitrogens with zero attached hydrogens (tertiary/aromatic N) is 2. The first kappa shape index (κ1) is 10.8. The predicted molar refractivity (Wildman–Crippen MR) is 62.2 cm³/mol. The molecule has 6 nitrogen and oxygen atoms in total. The largest absolute Gasteiger partial charge is 0.394 e. The highest BCUT2D eigenvalue weighted by Gasteiger charge is 2.18. The maximum absolute atomic E-state index is 11.8. The first-order valence-corrected chi connectivity index (χ1v) is 5.55. The van der Waals surface area contributed by atoms with Crippen LogP contribution in [-0.2, 0) is 0 Å². The third kappa shape index (κ3) is 2.10. The maximum Gasteiger partial charge on any atom is 0.323 e. The van der Waals surface area contributed by atoms with Crippen molar-refractivity contribution in [1.82, 2.24) is 15.1 Å². The first-order valence-electron chi connectivity index (χ1n) is 5.55. The Morgan fingerprint density at radius 1 is 1.44 bits per heavy atom. The van der Waals surface area contributed by atoms with Crippen LogP contribution in [0.4, 0.5) is 16.3 Å². The number of rotatable bonds is 1. The van der Waals surface area contributed by atoms with Crippen LogP contribution >= 0.6 is 0 Å². The molecule has 2 rings (SSSR count). The van der Waals surface area contributed by atoms with Crippen molar-refractivity contribution in [1.29, 1.82) is 0 Å². The van der Waals surface area contributed by atoms with Gasteiger partial charge < -0.3 is 10.6 Å². The molecule has 0 radical (unpaired) electrons. The smallest absolute Gasteiger partial charge is 0.323 e. The average Bonchev–Trinajstić information content (AvgIpc) is 2.62. The quantitative estimate of drug-likeness (QED) is 0.671. The second-order valence-electron chi connectivity index (χ2n) is 4.09. The van der Waals surface area contributed by atoms with E-state index in [1.165, 1.54) is 6.42 Å². The molecule has 1 aromatic heterocycles. The summed E-state index contributed by atoms with van der Waals surface area (Å²) in [5.41, 5.74) is 7.03. The van der Waals surface area contributed by atoms with Crippen molar-refractivity contribution < 1.29 is 4.79 Å². The van der Waals surface area contributed by atoms with Gasteiger partial charge in [0.25, 0.3) is 0 Å². The molecule has 1 aliphatic heterocycles. The highest BCUT2D eigenvalue weighted by molar-refractivity contribution is 5.91. The fourth-order valence-electron chi connectivity index (χ4n) is 1.81. The van der Waals surface area contributed by atoms with Gasteiger partial charge in [0.05, 0.1) is 11.4 Å². The fourth-order valence-corrected chi connectivity index (χ4v) is 1.81. The number of amides is 2. The molecule has 0 aromatic carbocycles. The van der Waals surface area contributed by atoms with Gasteiger partial charge >= 0.3 is 6.03 Å². The lowest BCUT2D eigenvalue weighted by molar-refractivity contribution is 0.200. The van der Waals surface area contributed by atoms with Gasteiger partial charge in [-0.05, 0) is 26.2 Å². The number of aromatic amines is 1. The van der Waals surface area contributed by atoms with Crippen LogP contribution in [-0.4, -0.2) is 34.2 Å². The predicted octanol–water partition coefficient (Wildman–Crippen LogP) is 1.32. The summed E-state index contributed by atoms with van der Waals surface area (Å²) in [5, 5.41) is 9.40. The molecule has 1 saturated heterocycles. The molecular formula is C10H17N5O. The number of nitrogens with one attached hydrogen (secondary N) is 2. The van der Waals surface area contributed by atoms with Gasteiger partial charge in [-0.2, -0.15) is 5.10 Å². The highest BCUT2D eigenvalue weighted by atomic mass is 16.2. The van der Waals surface area contributed by atoms with E-state index in [1.54, 1.807) is 4.90 Å². The molecule has 16 heavy (non-hydrogen) atoms. The molecule has 2 heterocycles. The average molecular weight is 223 g/mol. The molecule has 0 unspecified atom stereocenters. The van der Waals surface area contributed by atoms with Crippen molar-refractivity contribution in [3.05, 3.63) is 5.69 Å². The van der Waals surface area contributed by atoms with Crippen LogP contribution in [0, 0.1) is 6.92 Å². The third-order valence-corrected chi connectivity index (χ3v) is 2.86. The number of aryl methyl sites for hydroxylation is 1. The fraction of sp³-hybridized carbons (Fsp3) is 0.600. The number of piperidine rings is 1. The molecule has 1 fully saturated rings.